The van der Waals surface area contributed by atoms with E-state index in [1.54, 1.807) is 36.7 Å². The summed E-state index contributed by atoms with van der Waals surface area (Å²) >= 11 is 0. The van der Waals surface area contributed by atoms with E-state index in [1.807, 2.05) is 13.0 Å². The lowest BCUT2D eigenvalue weighted by Gasteiger charge is -2.31. The number of rotatable bonds is 6. The zero-order chi connectivity index (χ0) is 27.9. The molecule has 0 spiro atoms. The van der Waals surface area contributed by atoms with Gasteiger partial charge in [-0.15, -0.1) is 0 Å². The summed E-state index contributed by atoms with van der Waals surface area (Å²) in [6, 6.07) is 10.6. The molecular formula is C31H33N3O5. The van der Waals surface area contributed by atoms with Gasteiger partial charge in [-0.3, -0.25) is 14.8 Å². The number of pyridine rings is 1. The Balaban J connectivity index is 1.66. The predicted molar refractivity (Wildman–Crippen MR) is 149 cm³/mol. The van der Waals surface area contributed by atoms with Gasteiger partial charge in [0.1, 0.15) is 5.60 Å². The molecule has 8 heteroatoms. The molecule has 3 heterocycles. The second-order valence-corrected chi connectivity index (χ2v) is 11.1. The Morgan fingerprint density at radius 3 is 2.49 bits per heavy atom. The van der Waals surface area contributed by atoms with E-state index in [9.17, 15) is 9.59 Å². The van der Waals surface area contributed by atoms with Gasteiger partial charge in [0.05, 0.1) is 36.2 Å². The maximum Gasteiger partial charge on any atom is 0.339 e. The molecule has 39 heavy (non-hydrogen) atoms. The Morgan fingerprint density at radius 2 is 1.79 bits per heavy atom. The molecule has 202 valence electrons. The second kappa shape index (κ2) is 9.84. The Hall–Kier alpha value is -4.20. The number of fused-ring (bicyclic) bond motifs is 3. The fourth-order valence-corrected chi connectivity index (χ4v) is 5.32. The van der Waals surface area contributed by atoms with Gasteiger partial charge in [0.25, 0.3) is 5.91 Å². The van der Waals surface area contributed by atoms with Crippen LogP contribution in [0.4, 0.5) is 5.69 Å². The molecule has 1 N–H and O–H groups in total. The first-order chi connectivity index (χ1) is 18.5. The van der Waals surface area contributed by atoms with Gasteiger partial charge < -0.3 is 19.5 Å². The van der Waals surface area contributed by atoms with Crippen molar-refractivity contribution in [2.45, 2.75) is 58.6 Å². The number of hydrogen-bond donors (Lipinski definition) is 1. The predicted octanol–water partition coefficient (Wildman–Crippen LogP) is 5.40. The third-order valence-electron chi connectivity index (χ3n) is 6.87. The van der Waals surface area contributed by atoms with Crippen molar-refractivity contribution in [2.24, 2.45) is 4.99 Å². The molecule has 1 aromatic heterocycles. The highest BCUT2D eigenvalue weighted by molar-refractivity contribution is 6.17. The van der Waals surface area contributed by atoms with E-state index in [2.05, 4.69) is 44.1 Å². The highest BCUT2D eigenvalue weighted by atomic mass is 16.5. The van der Waals surface area contributed by atoms with Crippen LogP contribution >= 0.6 is 0 Å². The number of carbonyl (C=O) groups is 2. The van der Waals surface area contributed by atoms with Crippen molar-refractivity contribution in [3.63, 3.8) is 0 Å². The first-order valence-corrected chi connectivity index (χ1v) is 13.1. The van der Waals surface area contributed by atoms with Crippen LogP contribution in [-0.4, -0.2) is 47.4 Å². The van der Waals surface area contributed by atoms with Gasteiger partial charge >= 0.3 is 5.97 Å². The van der Waals surface area contributed by atoms with Crippen molar-refractivity contribution >= 4 is 23.3 Å². The van der Waals surface area contributed by atoms with Gasteiger partial charge in [-0.2, -0.15) is 0 Å². The number of aliphatic imine (C=N–C) groups is 1. The van der Waals surface area contributed by atoms with E-state index in [0.29, 0.717) is 24.3 Å². The van der Waals surface area contributed by atoms with E-state index in [1.165, 1.54) is 7.11 Å². The largest absolute Gasteiger partial charge is 0.490 e. The number of amides is 1. The lowest BCUT2D eigenvalue weighted by Crippen LogP contribution is -2.31. The molecule has 0 atom stereocenters. The fraction of sp³-hybridized carbons (Fsp3) is 0.355. The number of aromatic nitrogens is 1. The van der Waals surface area contributed by atoms with Crippen molar-refractivity contribution in [1.29, 1.82) is 0 Å². The van der Waals surface area contributed by atoms with Crippen molar-refractivity contribution in [3.05, 3.63) is 82.2 Å². The molecule has 0 aliphatic carbocycles. The maximum absolute atomic E-state index is 13.0. The number of esters is 1. The van der Waals surface area contributed by atoms with Crippen molar-refractivity contribution in [1.82, 2.24) is 4.98 Å². The number of carbonyl (C=O) groups excluding carboxylic acids is 2. The van der Waals surface area contributed by atoms with Crippen molar-refractivity contribution in [2.75, 3.05) is 19.0 Å². The Kier molecular flexibility index (Phi) is 6.66. The fourth-order valence-electron chi connectivity index (χ4n) is 5.32. The molecule has 2 aliphatic rings. The smallest absolute Gasteiger partial charge is 0.339 e. The molecule has 8 nitrogen and oxygen atoms in total. The van der Waals surface area contributed by atoms with Gasteiger partial charge in [0, 0.05) is 41.1 Å². The molecule has 3 aromatic rings. The van der Waals surface area contributed by atoms with Gasteiger partial charge in [-0.05, 0) is 76.9 Å². The molecule has 0 fully saturated rings. The number of methoxy groups -OCH3 is 1. The van der Waals surface area contributed by atoms with E-state index >= 15 is 0 Å². The van der Waals surface area contributed by atoms with E-state index < -0.39 is 5.97 Å². The minimum atomic E-state index is -0.546. The lowest BCUT2D eigenvalue weighted by atomic mass is 9.80. The molecule has 0 unspecified atom stereocenters. The third kappa shape index (κ3) is 5.11. The summed E-state index contributed by atoms with van der Waals surface area (Å²) in [6.07, 6.45) is 4.54. The first kappa shape index (κ1) is 26.4. The highest BCUT2D eigenvalue weighted by Gasteiger charge is 2.40. The van der Waals surface area contributed by atoms with Gasteiger partial charge in [0.15, 0.2) is 11.5 Å². The van der Waals surface area contributed by atoms with Crippen molar-refractivity contribution < 1.29 is 23.8 Å². The first-order valence-electron chi connectivity index (χ1n) is 13.1. The van der Waals surface area contributed by atoms with Crippen LogP contribution in [-0.2, 0) is 17.6 Å². The molecule has 0 saturated heterocycles. The number of anilines is 1. The Labute approximate surface area is 228 Å². The van der Waals surface area contributed by atoms with Crippen LogP contribution in [0.15, 0.2) is 53.8 Å². The van der Waals surface area contributed by atoms with Gasteiger partial charge in [-0.25, -0.2) is 4.79 Å². The van der Waals surface area contributed by atoms with Crippen LogP contribution < -0.4 is 14.8 Å². The van der Waals surface area contributed by atoms with E-state index in [-0.39, 0.29) is 22.6 Å². The zero-order valence-electron chi connectivity index (χ0n) is 23.2. The summed E-state index contributed by atoms with van der Waals surface area (Å²) in [4.78, 5) is 34.8. The molecule has 1 amide bonds. The number of nitrogens with one attached hydrogen (secondary N) is 1. The number of ether oxygens (including phenoxy) is 3. The van der Waals surface area contributed by atoms with Crippen LogP contribution in [0.3, 0.4) is 0 Å². The van der Waals surface area contributed by atoms with Crippen LogP contribution in [0.1, 0.15) is 77.6 Å². The van der Waals surface area contributed by atoms with E-state index in [0.717, 1.165) is 45.9 Å². The topological polar surface area (TPSA) is 99.1 Å². The molecule has 2 aromatic carbocycles. The lowest BCUT2D eigenvalue weighted by molar-refractivity contribution is 0.0602. The maximum atomic E-state index is 13.0. The summed E-state index contributed by atoms with van der Waals surface area (Å²) in [5.74, 6) is 0.601. The molecular weight excluding hydrogens is 494 g/mol. The second-order valence-electron chi connectivity index (χ2n) is 11.1. The number of nitrogens with zero attached hydrogens (tertiary/aromatic N) is 2. The molecule has 2 aliphatic heterocycles. The third-order valence-corrected chi connectivity index (χ3v) is 6.87. The summed E-state index contributed by atoms with van der Waals surface area (Å²) < 4.78 is 17.4. The number of hydrogen-bond acceptors (Lipinski definition) is 7. The normalized spacial score (nSPS) is 16.3. The molecule has 5 rings (SSSR count). The standard InChI is InChI=1S/C31H33N3O5/c1-7-38-24-15-20-16-30(2,3)34-26(25(20)22-17-31(4,5)39-27(22)24)19-8-9-21(29(36)37-6)23(14-19)33-28(35)18-10-12-32-13-11-18/h8-15H,7,16-17H2,1-6H3,(H,33,35). The van der Waals surface area contributed by atoms with Crippen LogP contribution in [0.25, 0.3) is 0 Å². The minimum Gasteiger partial charge on any atom is -0.490 e. The summed E-state index contributed by atoms with van der Waals surface area (Å²) in [5, 5.41) is 2.89. The van der Waals surface area contributed by atoms with Gasteiger partial charge in [-0.1, -0.05) is 6.07 Å². The number of benzene rings is 2. The SMILES string of the molecule is CCOc1cc2c(c3c1OC(C)(C)C3)C(c1ccc(C(=O)OC)c(NC(=O)c3ccncc3)c1)=NC(C)(C)C2. The zero-order valence-corrected chi connectivity index (χ0v) is 23.2. The summed E-state index contributed by atoms with van der Waals surface area (Å²) in [6.45, 7) is 10.8. The molecule has 0 saturated carbocycles. The average Bonchev–Trinajstić information content (AvgIpc) is 3.23. The quantitative estimate of drug-likeness (QED) is 0.431. The van der Waals surface area contributed by atoms with Crippen LogP contribution in [0.2, 0.25) is 0 Å². The molecule has 0 radical (unpaired) electrons. The summed E-state index contributed by atoms with van der Waals surface area (Å²) in [7, 11) is 1.32. The highest BCUT2D eigenvalue weighted by Crippen LogP contribution is 2.48. The van der Waals surface area contributed by atoms with Crippen LogP contribution in [0, 0.1) is 0 Å². The molecule has 0 bridgehead atoms. The van der Waals surface area contributed by atoms with Gasteiger partial charge in [0.2, 0.25) is 0 Å². The summed E-state index contributed by atoms with van der Waals surface area (Å²) in [5.41, 5.74) is 5.03. The average molecular weight is 528 g/mol. The Bertz CT molecular complexity index is 1490. The van der Waals surface area contributed by atoms with Crippen LogP contribution in [0.5, 0.6) is 11.5 Å². The monoisotopic (exact) mass is 527 g/mol. The Morgan fingerprint density at radius 1 is 1.05 bits per heavy atom. The van der Waals surface area contributed by atoms with Crippen molar-refractivity contribution in [3.8, 4) is 11.5 Å². The minimum absolute atomic E-state index is 0.251. The van der Waals surface area contributed by atoms with E-state index in [4.69, 9.17) is 19.2 Å².